The summed E-state index contributed by atoms with van der Waals surface area (Å²) in [4.78, 5) is 0. The van der Waals surface area contributed by atoms with E-state index in [2.05, 4.69) is 199 Å². The summed E-state index contributed by atoms with van der Waals surface area (Å²) in [5.41, 5.74) is 18.1. The van der Waals surface area contributed by atoms with E-state index in [0.29, 0.717) is 23.9 Å². The SMILES string of the molecule is C1=CCCC(c2ccc(/C3=C/CCC(C4=CCC(c5ccc(C6=CNC(c7ccccc7)CC6C6=CC=CCC6)cc5)C=C4)NC(c4ccc(C5=CCCC=C5)cc4)C3)cc2)=C1. The lowest BCUT2D eigenvalue weighted by Crippen LogP contribution is -2.35. The molecule has 2 heterocycles. The first kappa shape index (κ1) is 40.1. The molecule has 2 N–H and O–H groups in total. The zero-order valence-electron chi connectivity index (χ0n) is 36.1. The fraction of sp³-hybridized carbons (Fsp3) is 0.267. The molecule has 4 aromatic rings. The minimum atomic E-state index is 0.206. The van der Waals surface area contributed by atoms with Gasteiger partial charge in [-0.3, -0.25) is 0 Å². The second kappa shape index (κ2) is 19.0. The van der Waals surface area contributed by atoms with Crippen molar-refractivity contribution in [2.75, 3.05) is 0 Å². The van der Waals surface area contributed by atoms with Crippen LogP contribution in [0.1, 0.15) is 128 Å². The van der Waals surface area contributed by atoms with Crippen LogP contribution in [-0.4, -0.2) is 6.04 Å². The smallest absolute Gasteiger partial charge is 0.0517 e. The van der Waals surface area contributed by atoms with Crippen LogP contribution in [0.4, 0.5) is 0 Å². The van der Waals surface area contributed by atoms with Gasteiger partial charge < -0.3 is 10.6 Å². The van der Waals surface area contributed by atoms with Crippen LogP contribution in [0.25, 0.3) is 22.3 Å². The molecule has 0 spiro atoms. The van der Waals surface area contributed by atoms with Gasteiger partial charge in [0, 0.05) is 30.1 Å². The maximum absolute atomic E-state index is 4.22. The topological polar surface area (TPSA) is 24.1 Å². The van der Waals surface area contributed by atoms with Crippen molar-refractivity contribution in [3.63, 3.8) is 0 Å². The molecule has 0 amide bonds. The molecule has 0 saturated carbocycles. The van der Waals surface area contributed by atoms with E-state index in [4.69, 9.17) is 0 Å². The van der Waals surface area contributed by atoms with Crippen molar-refractivity contribution in [1.82, 2.24) is 10.6 Å². The number of hydrogen-bond donors (Lipinski definition) is 2. The Morgan fingerprint density at radius 1 is 0.516 bits per heavy atom. The lowest BCUT2D eigenvalue weighted by Gasteiger charge is -2.34. The average molecular weight is 809 g/mol. The van der Waals surface area contributed by atoms with Gasteiger partial charge in [0.05, 0.1) is 6.04 Å². The summed E-state index contributed by atoms with van der Waals surface area (Å²) in [5, 5.41) is 8.00. The molecule has 4 aliphatic carbocycles. The van der Waals surface area contributed by atoms with Crippen LogP contribution in [0.5, 0.6) is 0 Å². The molecule has 6 aliphatic rings. The van der Waals surface area contributed by atoms with Gasteiger partial charge >= 0.3 is 0 Å². The van der Waals surface area contributed by atoms with Crippen LogP contribution >= 0.6 is 0 Å². The third-order valence-electron chi connectivity index (χ3n) is 14.1. The Bertz CT molecular complexity index is 2530. The summed E-state index contributed by atoms with van der Waals surface area (Å²) in [6.45, 7) is 0. The van der Waals surface area contributed by atoms with E-state index in [9.17, 15) is 0 Å². The Kier molecular flexibility index (Phi) is 12.3. The first-order valence-corrected chi connectivity index (χ1v) is 23.5. The molecular weight excluding hydrogens is 749 g/mol. The third-order valence-corrected chi connectivity index (χ3v) is 14.1. The van der Waals surface area contributed by atoms with Gasteiger partial charge in [-0.25, -0.2) is 0 Å². The molecule has 0 radical (unpaired) electrons. The van der Waals surface area contributed by atoms with Gasteiger partial charge in [0.15, 0.2) is 0 Å². The minimum absolute atomic E-state index is 0.206. The molecule has 2 aliphatic heterocycles. The molecule has 0 aromatic heterocycles. The number of hydrogen-bond acceptors (Lipinski definition) is 2. The zero-order chi connectivity index (χ0) is 41.5. The molecule has 4 aromatic carbocycles. The first-order chi connectivity index (χ1) is 30.7. The molecular formula is C60H60N2. The fourth-order valence-electron chi connectivity index (χ4n) is 10.6. The minimum Gasteiger partial charge on any atom is -0.384 e. The van der Waals surface area contributed by atoms with Crippen LogP contribution in [0.3, 0.4) is 0 Å². The second-order valence-corrected chi connectivity index (χ2v) is 18.0. The van der Waals surface area contributed by atoms with E-state index < -0.39 is 0 Å². The Morgan fingerprint density at radius 3 is 1.95 bits per heavy atom. The standard InChI is InChI=1S/C60H60N2/c1-5-14-43(15-6-1)45-24-26-49(27-25-45)55-22-13-23-58(62-60(40-55)54-38-32-46(33-39-54)44-16-7-2-8-17-44)53-36-30-48(31-37-53)47-28-34-51(35-29-47)57-42-61-59(52-20-11-4-12-21-52)41-56(57)50-18-9-3-10-19-50/h1,3-5,7,9,11-12,14,16-18,20-22,24-30,32-39,42,48,56,58-62H,2,6,8,10,13,15,19,23,31,40-41H2/b55-22+. The van der Waals surface area contributed by atoms with E-state index in [0.717, 1.165) is 70.6 Å². The average Bonchev–Trinajstić information content (AvgIpc) is 3.35. The Labute approximate surface area is 370 Å². The third kappa shape index (κ3) is 9.13. The van der Waals surface area contributed by atoms with E-state index in [-0.39, 0.29) is 6.04 Å². The van der Waals surface area contributed by atoms with Gasteiger partial charge in [0.25, 0.3) is 0 Å². The molecule has 310 valence electrons. The molecule has 0 fully saturated rings. The quantitative estimate of drug-likeness (QED) is 0.176. The van der Waals surface area contributed by atoms with Gasteiger partial charge in [0.2, 0.25) is 0 Å². The number of benzene rings is 4. The van der Waals surface area contributed by atoms with Crippen LogP contribution in [0.2, 0.25) is 0 Å². The Morgan fingerprint density at radius 2 is 1.24 bits per heavy atom. The van der Waals surface area contributed by atoms with E-state index in [1.54, 1.807) is 5.57 Å². The van der Waals surface area contributed by atoms with Gasteiger partial charge in [-0.05, 0) is 137 Å². The van der Waals surface area contributed by atoms with Crippen molar-refractivity contribution in [3.05, 3.63) is 238 Å². The highest BCUT2D eigenvalue weighted by Crippen LogP contribution is 2.43. The normalized spacial score (nSPS) is 25.8. The predicted molar refractivity (Wildman–Crippen MR) is 263 cm³/mol. The molecule has 2 heteroatoms. The van der Waals surface area contributed by atoms with Crippen molar-refractivity contribution in [2.24, 2.45) is 5.92 Å². The summed E-state index contributed by atoms with van der Waals surface area (Å²) in [5.74, 6) is 0.792. The molecule has 5 atom stereocenters. The maximum atomic E-state index is 4.22. The van der Waals surface area contributed by atoms with Gasteiger partial charge in [-0.2, -0.15) is 0 Å². The van der Waals surface area contributed by atoms with Gasteiger partial charge in [-0.1, -0.05) is 188 Å². The number of rotatable bonds is 9. The summed E-state index contributed by atoms with van der Waals surface area (Å²) >= 11 is 0. The molecule has 0 saturated heterocycles. The molecule has 62 heavy (non-hydrogen) atoms. The lowest BCUT2D eigenvalue weighted by atomic mass is 9.76. The number of nitrogens with one attached hydrogen (secondary N) is 2. The van der Waals surface area contributed by atoms with Crippen molar-refractivity contribution >= 4 is 22.3 Å². The van der Waals surface area contributed by atoms with Crippen molar-refractivity contribution < 1.29 is 0 Å². The lowest BCUT2D eigenvalue weighted by molar-refractivity contribution is 0.453. The van der Waals surface area contributed by atoms with E-state index in [1.165, 1.54) is 66.8 Å². The molecule has 5 unspecified atom stereocenters. The van der Waals surface area contributed by atoms with Gasteiger partial charge in [0.1, 0.15) is 0 Å². The Hall–Kier alpha value is -5.96. The summed E-state index contributed by atoms with van der Waals surface area (Å²) in [6.07, 6.45) is 44.9. The maximum Gasteiger partial charge on any atom is 0.0517 e. The van der Waals surface area contributed by atoms with Crippen LogP contribution < -0.4 is 10.6 Å². The molecule has 0 bridgehead atoms. The highest BCUT2D eigenvalue weighted by molar-refractivity contribution is 5.76. The molecule has 10 rings (SSSR count). The summed E-state index contributed by atoms with van der Waals surface area (Å²) in [7, 11) is 0. The van der Waals surface area contributed by atoms with Crippen molar-refractivity contribution in [2.45, 2.75) is 94.7 Å². The van der Waals surface area contributed by atoms with Gasteiger partial charge in [-0.15, -0.1) is 0 Å². The fourth-order valence-corrected chi connectivity index (χ4v) is 10.6. The summed E-state index contributed by atoms with van der Waals surface area (Å²) in [6, 6.07) is 40.1. The van der Waals surface area contributed by atoms with E-state index >= 15 is 0 Å². The monoisotopic (exact) mass is 808 g/mol. The van der Waals surface area contributed by atoms with Crippen LogP contribution in [0, 0.1) is 5.92 Å². The zero-order valence-corrected chi connectivity index (χ0v) is 36.1. The first-order valence-electron chi connectivity index (χ1n) is 23.5. The van der Waals surface area contributed by atoms with Crippen LogP contribution in [-0.2, 0) is 0 Å². The number of allylic oxidation sites excluding steroid dienone is 16. The van der Waals surface area contributed by atoms with Crippen LogP contribution in [0.15, 0.2) is 199 Å². The highest BCUT2D eigenvalue weighted by Gasteiger charge is 2.30. The summed E-state index contributed by atoms with van der Waals surface area (Å²) < 4.78 is 0. The second-order valence-electron chi connectivity index (χ2n) is 18.0. The van der Waals surface area contributed by atoms with Crippen molar-refractivity contribution in [3.8, 4) is 0 Å². The van der Waals surface area contributed by atoms with Crippen molar-refractivity contribution in [1.29, 1.82) is 0 Å². The van der Waals surface area contributed by atoms with E-state index in [1.807, 2.05) is 0 Å². The highest BCUT2D eigenvalue weighted by atomic mass is 15.0. The predicted octanol–water partition coefficient (Wildman–Crippen LogP) is 15.1. The Balaban J connectivity index is 0.858. The largest absolute Gasteiger partial charge is 0.384 e. The molecule has 2 nitrogen and oxygen atoms in total.